The van der Waals surface area contributed by atoms with Gasteiger partial charge in [0.1, 0.15) is 5.82 Å². The molecule has 1 aromatic carbocycles. The molecule has 4 heteroatoms. The highest BCUT2D eigenvalue weighted by atomic mass is 14.9. The number of hydrogen-bond donors (Lipinski definition) is 1. The van der Waals surface area contributed by atoms with Crippen LogP contribution in [-0.2, 0) is 6.54 Å². The summed E-state index contributed by atoms with van der Waals surface area (Å²) in [6.45, 7) is 3.12. The number of nitrogen functional groups attached to an aromatic ring is 1. The van der Waals surface area contributed by atoms with Crippen LogP contribution >= 0.6 is 0 Å². The van der Waals surface area contributed by atoms with Crippen molar-refractivity contribution in [3.8, 4) is 22.4 Å². The van der Waals surface area contributed by atoms with Crippen LogP contribution in [0.15, 0.2) is 67.1 Å². The number of aryl methyl sites for hydroxylation is 1. The maximum atomic E-state index is 5.92. The molecule has 0 saturated heterocycles. The van der Waals surface area contributed by atoms with Crippen LogP contribution in [0.2, 0.25) is 0 Å². The Morgan fingerprint density at radius 3 is 2.75 bits per heavy atom. The van der Waals surface area contributed by atoms with Gasteiger partial charge in [-0.3, -0.25) is 4.98 Å². The first-order valence-corrected chi connectivity index (χ1v) is 8.02. The van der Waals surface area contributed by atoms with Crippen LogP contribution in [0.25, 0.3) is 33.3 Å². The van der Waals surface area contributed by atoms with Crippen LogP contribution in [0.4, 0.5) is 5.82 Å². The van der Waals surface area contributed by atoms with Gasteiger partial charge in [-0.15, -0.1) is 0 Å². The third-order valence-electron chi connectivity index (χ3n) is 4.27. The number of nitrogens with zero attached hydrogens (tertiary/aromatic N) is 3. The Balaban J connectivity index is 1.90. The Labute approximate surface area is 140 Å². The molecular weight excluding hydrogens is 296 g/mol. The lowest BCUT2D eigenvalue weighted by Gasteiger charge is -2.10. The first-order chi connectivity index (χ1) is 11.8. The summed E-state index contributed by atoms with van der Waals surface area (Å²) in [5.41, 5.74) is 11.2. The van der Waals surface area contributed by atoms with E-state index in [-0.39, 0.29) is 0 Å². The Hall–Kier alpha value is -3.14. The molecule has 3 heterocycles. The second-order valence-electron chi connectivity index (χ2n) is 5.75. The molecule has 0 fully saturated rings. The molecule has 0 radical (unpaired) electrons. The van der Waals surface area contributed by atoms with Gasteiger partial charge in [0.05, 0.1) is 5.69 Å². The summed E-state index contributed by atoms with van der Waals surface area (Å²) in [6.07, 6.45) is 5.70. The average Bonchev–Trinajstić information content (AvgIpc) is 3.04. The van der Waals surface area contributed by atoms with E-state index in [1.165, 1.54) is 10.9 Å². The standard InChI is InChI=1S/C20H18N4/c1-2-24-11-9-15-12-14(5-7-18(15)24)17-6-8-19(21)23-20(17)16-4-3-10-22-13-16/h3-13H,2H2,1H3,(H2,21,23). The van der Waals surface area contributed by atoms with E-state index in [1.807, 2.05) is 30.5 Å². The van der Waals surface area contributed by atoms with Crippen molar-refractivity contribution in [3.63, 3.8) is 0 Å². The number of aromatic nitrogens is 3. The van der Waals surface area contributed by atoms with E-state index >= 15 is 0 Å². The van der Waals surface area contributed by atoms with E-state index in [4.69, 9.17) is 5.73 Å². The molecule has 4 nitrogen and oxygen atoms in total. The molecule has 0 aliphatic rings. The number of nitrogens with two attached hydrogens (primary N) is 1. The predicted octanol–water partition coefficient (Wildman–Crippen LogP) is 4.37. The first kappa shape index (κ1) is 14.5. The van der Waals surface area contributed by atoms with Crippen molar-refractivity contribution in [1.82, 2.24) is 14.5 Å². The van der Waals surface area contributed by atoms with Crippen LogP contribution in [0.1, 0.15) is 6.92 Å². The molecule has 4 aromatic rings. The molecule has 24 heavy (non-hydrogen) atoms. The molecule has 0 saturated carbocycles. The maximum Gasteiger partial charge on any atom is 0.124 e. The zero-order valence-electron chi connectivity index (χ0n) is 13.5. The zero-order valence-corrected chi connectivity index (χ0v) is 13.5. The summed E-state index contributed by atoms with van der Waals surface area (Å²) in [4.78, 5) is 8.76. The molecule has 2 N–H and O–H groups in total. The van der Waals surface area contributed by atoms with Crippen LogP contribution in [0, 0.1) is 0 Å². The normalized spacial score (nSPS) is 11.0. The molecule has 3 aromatic heterocycles. The van der Waals surface area contributed by atoms with Gasteiger partial charge in [0.15, 0.2) is 0 Å². The fourth-order valence-corrected chi connectivity index (χ4v) is 3.07. The quantitative estimate of drug-likeness (QED) is 0.611. The van der Waals surface area contributed by atoms with E-state index in [0.717, 1.165) is 28.9 Å². The van der Waals surface area contributed by atoms with Crippen molar-refractivity contribution in [3.05, 3.63) is 67.1 Å². The number of fused-ring (bicyclic) bond motifs is 1. The maximum absolute atomic E-state index is 5.92. The van der Waals surface area contributed by atoms with Crippen LogP contribution in [0.3, 0.4) is 0 Å². The van der Waals surface area contributed by atoms with Gasteiger partial charge < -0.3 is 10.3 Å². The smallest absolute Gasteiger partial charge is 0.124 e. The Morgan fingerprint density at radius 2 is 1.96 bits per heavy atom. The van der Waals surface area contributed by atoms with Crippen molar-refractivity contribution in [2.45, 2.75) is 13.5 Å². The van der Waals surface area contributed by atoms with Crippen molar-refractivity contribution < 1.29 is 0 Å². The van der Waals surface area contributed by atoms with Gasteiger partial charge in [-0.1, -0.05) is 6.07 Å². The van der Waals surface area contributed by atoms with Gasteiger partial charge in [-0.05, 0) is 55.0 Å². The predicted molar refractivity (Wildman–Crippen MR) is 98.5 cm³/mol. The minimum Gasteiger partial charge on any atom is -0.384 e. The molecule has 0 unspecified atom stereocenters. The van der Waals surface area contributed by atoms with Crippen molar-refractivity contribution >= 4 is 16.7 Å². The van der Waals surface area contributed by atoms with Crippen molar-refractivity contribution in [1.29, 1.82) is 0 Å². The van der Waals surface area contributed by atoms with E-state index in [0.29, 0.717) is 5.82 Å². The largest absolute Gasteiger partial charge is 0.384 e. The van der Waals surface area contributed by atoms with E-state index in [9.17, 15) is 0 Å². The number of benzene rings is 1. The molecule has 0 aliphatic heterocycles. The monoisotopic (exact) mass is 314 g/mol. The van der Waals surface area contributed by atoms with Gasteiger partial charge in [0.2, 0.25) is 0 Å². The van der Waals surface area contributed by atoms with E-state index < -0.39 is 0 Å². The van der Waals surface area contributed by atoms with E-state index in [2.05, 4.69) is 51.9 Å². The van der Waals surface area contributed by atoms with Crippen LogP contribution in [-0.4, -0.2) is 14.5 Å². The summed E-state index contributed by atoms with van der Waals surface area (Å²) < 4.78 is 2.24. The Bertz CT molecular complexity index is 1000. The van der Waals surface area contributed by atoms with Crippen LogP contribution in [0.5, 0.6) is 0 Å². The highest BCUT2D eigenvalue weighted by molar-refractivity contribution is 5.89. The van der Waals surface area contributed by atoms with Gasteiger partial charge >= 0.3 is 0 Å². The molecule has 0 atom stereocenters. The zero-order chi connectivity index (χ0) is 16.5. The summed E-state index contributed by atoms with van der Waals surface area (Å²) in [5, 5.41) is 1.23. The number of pyridine rings is 2. The van der Waals surface area contributed by atoms with Gasteiger partial charge in [-0.2, -0.15) is 0 Å². The minimum atomic E-state index is 0.510. The summed E-state index contributed by atoms with van der Waals surface area (Å²) in [5.74, 6) is 0.510. The summed E-state index contributed by atoms with van der Waals surface area (Å²) >= 11 is 0. The number of hydrogen-bond acceptors (Lipinski definition) is 3. The molecule has 0 aliphatic carbocycles. The molecule has 0 bridgehead atoms. The molecular formula is C20H18N4. The fraction of sp³-hybridized carbons (Fsp3) is 0.100. The minimum absolute atomic E-state index is 0.510. The molecule has 0 amide bonds. The Morgan fingerprint density at radius 1 is 1.04 bits per heavy atom. The third-order valence-corrected chi connectivity index (χ3v) is 4.27. The SMILES string of the molecule is CCn1ccc2cc(-c3ccc(N)nc3-c3cccnc3)ccc21. The van der Waals surface area contributed by atoms with Crippen LogP contribution < -0.4 is 5.73 Å². The lowest BCUT2D eigenvalue weighted by molar-refractivity contribution is 0.798. The molecule has 118 valence electrons. The first-order valence-electron chi connectivity index (χ1n) is 8.02. The van der Waals surface area contributed by atoms with Gasteiger partial charge in [-0.25, -0.2) is 4.98 Å². The lowest BCUT2D eigenvalue weighted by Crippen LogP contribution is -1.96. The third kappa shape index (κ3) is 2.42. The topological polar surface area (TPSA) is 56.7 Å². The average molecular weight is 314 g/mol. The highest BCUT2D eigenvalue weighted by Gasteiger charge is 2.11. The molecule has 4 rings (SSSR count). The second-order valence-corrected chi connectivity index (χ2v) is 5.75. The summed E-state index contributed by atoms with van der Waals surface area (Å²) in [7, 11) is 0. The number of rotatable bonds is 3. The highest BCUT2D eigenvalue weighted by Crippen LogP contribution is 2.33. The van der Waals surface area contributed by atoms with Crippen molar-refractivity contribution in [2.75, 3.05) is 5.73 Å². The lowest BCUT2D eigenvalue weighted by atomic mass is 9.99. The number of anilines is 1. The van der Waals surface area contributed by atoms with Gasteiger partial charge in [0.25, 0.3) is 0 Å². The van der Waals surface area contributed by atoms with Crippen molar-refractivity contribution in [2.24, 2.45) is 0 Å². The Kier molecular flexibility index (Phi) is 3.50. The molecule has 0 spiro atoms. The van der Waals surface area contributed by atoms with E-state index in [1.54, 1.807) is 6.20 Å². The second kappa shape index (κ2) is 5.81. The fourth-order valence-electron chi connectivity index (χ4n) is 3.07. The summed E-state index contributed by atoms with van der Waals surface area (Å²) in [6, 6.07) is 16.4. The van der Waals surface area contributed by atoms with Gasteiger partial charge in [0, 0.05) is 47.2 Å².